The van der Waals surface area contributed by atoms with Crippen LogP contribution < -0.4 is 22.5 Å². The van der Waals surface area contributed by atoms with Crippen LogP contribution >= 0.6 is 0 Å². The number of carbonyl (C=O) groups is 1. The molecule has 8 heteroatoms. The molecule has 0 bridgehead atoms. The molecular weight excluding hydrogens is 330 g/mol. The first-order chi connectivity index (χ1) is 11.2. The molecule has 1 aliphatic rings. The fraction of sp³-hybridized carbons (Fsp3) is 0.438. The van der Waals surface area contributed by atoms with Gasteiger partial charge in [-0.25, -0.2) is 0 Å². The molecule has 2 heterocycles. The Morgan fingerprint density at radius 3 is 3.21 bits per heavy atom. The lowest BCUT2D eigenvalue weighted by atomic mass is 10.1. The molecule has 0 aliphatic carbocycles. The summed E-state index contributed by atoms with van der Waals surface area (Å²) in [5.41, 5.74) is 1.87. The average molecular weight is 352 g/mol. The molecule has 1 aliphatic heterocycles. The summed E-state index contributed by atoms with van der Waals surface area (Å²) in [7, 11) is 1.54. The van der Waals surface area contributed by atoms with Crippen LogP contribution in [0.4, 0.5) is 0 Å². The van der Waals surface area contributed by atoms with E-state index in [4.69, 9.17) is 4.74 Å². The van der Waals surface area contributed by atoms with E-state index in [1.807, 2.05) is 6.08 Å². The van der Waals surface area contributed by atoms with Crippen LogP contribution in [0.5, 0.6) is 5.75 Å². The van der Waals surface area contributed by atoms with E-state index in [1.54, 1.807) is 19.2 Å². The lowest BCUT2D eigenvalue weighted by molar-refractivity contribution is -0.0000137. The van der Waals surface area contributed by atoms with E-state index in [9.17, 15) is 4.79 Å². The van der Waals surface area contributed by atoms with Crippen molar-refractivity contribution in [2.24, 2.45) is 0 Å². The summed E-state index contributed by atoms with van der Waals surface area (Å²) in [6.07, 6.45) is 4.15. The molecule has 0 radical (unpaired) electrons. The predicted molar refractivity (Wildman–Crippen MR) is 88.7 cm³/mol. The van der Waals surface area contributed by atoms with E-state index in [-0.39, 0.29) is 19.7 Å². The zero-order valence-electron chi connectivity index (χ0n) is 14.6. The van der Waals surface area contributed by atoms with E-state index in [1.165, 1.54) is 0 Å². The summed E-state index contributed by atoms with van der Waals surface area (Å²) in [6, 6.07) is 3.80. The van der Waals surface area contributed by atoms with Gasteiger partial charge in [-0.2, -0.15) is 0 Å². The number of ether oxygens (including phenoxy) is 1. The first-order valence-electron chi connectivity index (χ1n) is 7.75. The van der Waals surface area contributed by atoms with Crippen LogP contribution in [0, 0.1) is 0 Å². The van der Waals surface area contributed by atoms with Gasteiger partial charge in [-0.3, -0.25) is 14.8 Å². The highest BCUT2D eigenvalue weighted by Gasteiger charge is 2.24. The number of fused-ring (bicyclic) bond motifs is 1. The second kappa shape index (κ2) is 8.12. The first kappa shape index (κ1) is 18.2. The Morgan fingerprint density at radius 2 is 2.46 bits per heavy atom. The quantitative estimate of drug-likeness (QED) is 0.617. The van der Waals surface area contributed by atoms with Crippen molar-refractivity contribution in [3.8, 4) is 5.75 Å². The number of amides is 1. The predicted octanol–water partition coefficient (Wildman–Crippen LogP) is -1.54. The monoisotopic (exact) mass is 351 g/mol. The Balaban J connectivity index is 0.00000156. The Morgan fingerprint density at radius 1 is 1.62 bits per heavy atom. The van der Waals surface area contributed by atoms with Gasteiger partial charge in [0.25, 0.3) is 5.91 Å². The third-order valence-electron chi connectivity index (χ3n) is 4.25. The third-order valence-corrected chi connectivity index (χ3v) is 4.25. The van der Waals surface area contributed by atoms with E-state index in [2.05, 4.69) is 32.2 Å². The molecule has 1 fully saturated rings. The van der Waals surface area contributed by atoms with Crippen molar-refractivity contribution in [2.75, 3.05) is 26.7 Å². The molecule has 1 amide bonds. The van der Waals surface area contributed by atoms with Gasteiger partial charge in [0.05, 0.1) is 18.2 Å². The van der Waals surface area contributed by atoms with Crippen LogP contribution in [0.25, 0.3) is 11.0 Å². The molecular formula is C16H22ClN5O2. The Hall–Kier alpha value is -2.12. The summed E-state index contributed by atoms with van der Waals surface area (Å²) in [5, 5.41) is 13.5. The molecule has 1 atom stereocenters. The Kier molecular flexibility index (Phi) is 6.16. The molecule has 2 aromatic rings. The van der Waals surface area contributed by atoms with E-state index in [0.717, 1.165) is 25.9 Å². The van der Waals surface area contributed by atoms with E-state index < -0.39 is 0 Å². The highest BCUT2D eigenvalue weighted by Crippen LogP contribution is 2.23. The van der Waals surface area contributed by atoms with Crippen LogP contribution in [0.3, 0.4) is 0 Å². The minimum Gasteiger partial charge on any atom is -1.00 e. The number of hydrogen-bond acceptors (Lipinski definition) is 5. The smallest absolute Gasteiger partial charge is 1.00 e. The number of carbonyl (C=O) groups excluding carboxylic acids is 1. The highest BCUT2D eigenvalue weighted by atomic mass is 35.5. The van der Waals surface area contributed by atoms with Crippen molar-refractivity contribution in [2.45, 2.75) is 18.9 Å². The van der Waals surface area contributed by atoms with E-state index >= 15 is 0 Å². The molecule has 1 saturated heterocycles. The van der Waals surface area contributed by atoms with Crippen molar-refractivity contribution in [3.63, 3.8) is 0 Å². The van der Waals surface area contributed by atoms with Crippen LogP contribution in [-0.2, 0) is 0 Å². The molecule has 1 aromatic heterocycles. The maximum absolute atomic E-state index is 12.5. The number of aromatic nitrogens is 3. The summed E-state index contributed by atoms with van der Waals surface area (Å²) < 4.78 is 5.31. The number of methoxy groups -OCH3 is 1. The van der Waals surface area contributed by atoms with Crippen LogP contribution in [-0.4, -0.2) is 59.0 Å². The minimum atomic E-state index is -0.149. The second-order valence-corrected chi connectivity index (χ2v) is 5.67. The molecule has 1 aromatic carbocycles. The van der Waals surface area contributed by atoms with Crippen molar-refractivity contribution < 1.29 is 23.4 Å². The molecule has 7 nitrogen and oxygen atoms in total. The van der Waals surface area contributed by atoms with Crippen LogP contribution in [0.2, 0.25) is 0 Å². The molecule has 130 valence electrons. The SMILES string of the molecule is C=CCN1CCCC1CNC(=O)c1cc2[nH]nnc2cc1OC.[Cl-].[H+]. The number of benzene rings is 1. The van der Waals surface area contributed by atoms with E-state index in [0.29, 0.717) is 34.9 Å². The lowest BCUT2D eigenvalue weighted by Gasteiger charge is -2.23. The van der Waals surface area contributed by atoms with Gasteiger partial charge in [0.1, 0.15) is 11.3 Å². The number of nitrogens with one attached hydrogen (secondary N) is 2. The van der Waals surface area contributed by atoms with Crippen molar-refractivity contribution >= 4 is 16.9 Å². The molecule has 24 heavy (non-hydrogen) atoms. The van der Waals surface area contributed by atoms with Gasteiger partial charge >= 0.3 is 1.43 Å². The average Bonchev–Trinajstić information content (AvgIpc) is 3.20. The standard InChI is InChI=1S/C16H21N5O2.ClH/c1-3-6-21-7-4-5-11(21)10-17-16(22)12-8-13-14(19-20-18-13)9-15(12)23-2;/h3,8-9,11H,1,4-7,10H2,2H3,(H,17,22)(H,18,19,20);1H. The summed E-state index contributed by atoms with van der Waals surface area (Å²) >= 11 is 0. The van der Waals surface area contributed by atoms with Crippen molar-refractivity contribution in [3.05, 3.63) is 30.4 Å². The molecule has 0 spiro atoms. The third kappa shape index (κ3) is 3.68. The number of likely N-dealkylation sites (tertiary alicyclic amines) is 1. The number of nitrogens with zero attached hydrogens (tertiary/aromatic N) is 3. The summed E-state index contributed by atoms with van der Waals surface area (Å²) in [6.45, 7) is 6.32. The number of halogens is 1. The number of aromatic amines is 1. The second-order valence-electron chi connectivity index (χ2n) is 5.67. The van der Waals surface area contributed by atoms with Gasteiger partial charge in [-0.05, 0) is 25.5 Å². The number of H-pyrrole nitrogens is 1. The van der Waals surface area contributed by atoms with Gasteiger partial charge in [-0.1, -0.05) is 11.3 Å². The fourth-order valence-corrected chi connectivity index (χ4v) is 3.06. The minimum absolute atomic E-state index is 0. The van der Waals surface area contributed by atoms with Crippen molar-refractivity contribution in [1.29, 1.82) is 0 Å². The highest BCUT2D eigenvalue weighted by molar-refractivity contribution is 6.00. The zero-order valence-corrected chi connectivity index (χ0v) is 14.3. The fourth-order valence-electron chi connectivity index (χ4n) is 3.06. The molecule has 3 rings (SSSR count). The van der Waals surface area contributed by atoms with Crippen molar-refractivity contribution in [1.82, 2.24) is 25.6 Å². The lowest BCUT2D eigenvalue weighted by Crippen LogP contribution is -3.00. The van der Waals surface area contributed by atoms with Gasteiger partial charge in [0.2, 0.25) is 0 Å². The van der Waals surface area contributed by atoms with Crippen LogP contribution in [0.15, 0.2) is 24.8 Å². The zero-order chi connectivity index (χ0) is 16.2. The maximum atomic E-state index is 12.5. The normalized spacial score (nSPS) is 17.5. The number of rotatable bonds is 6. The topological polar surface area (TPSA) is 83.1 Å². The Labute approximate surface area is 148 Å². The van der Waals surface area contributed by atoms with Crippen LogP contribution in [0.1, 0.15) is 24.6 Å². The summed E-state index contributed by atoms with van der Waals surface area (Å²) in [5.74, 6) is 0.349. The molecule has 1 unspecified atom stereocenters. The molecule has 0 saturated carbocycles. The van der Waals surface area contributed by atoms with Gasteiger partial charge in [0.15, 0.2) is 0 Å². The largest absolute Gasteiger partial charge is 1.00 e. The van der Waals surface area contributed by atoms with Gasteiger partial charge in [0, 0.05) is 25.2 Å². The molecule has 2 N–H and O–H groups in total. The van der Waals surface area contributed by atoms with Gasteiger partial charge in [-0.15, -0.1) is 11.7 Å². The Bertz CT molecular complexity index is 724. The van der Waals surface area contributed by atoms with Gasteiger partial charge < -0.3 is 22.5 Å². The summed E-state index contributed by atoms with van der Waals surface area (Å²) in [4.78, 5) is 14.9. The first-order valence-corrected chi connectivity index (χ1v) is 7.75. The maximum Gasteiger partial charge on any atom is 1.00 e. The number of hydrogen-bond donors (Lipinski definition) is 2.